The van der Waals surface area contributed by atoms with E-state index in [4.69, 9.17) is 4.74 Å². The molecule has 0 bridgehead atoms. The van der Waals surface area contributed by atoms with Gasteiger partial charge in [-0.25, -0.2) is 13.2 Å². The minimum Gasteiger partial charge on any atom is -0.465 e. The van der Waals surface area contributed by atoms with Gasteiger partial charge in [0.2, 0.25) is 10.0 Å². The Labute approximate surface area is 123 Å². The molecule has 0 aliphatic rings. The molecule has 1 rings (SSSR count). The zero-order chi connectivity index (χ0) is 15.5. The molecule has 0 aliphatic heterocycles. The molecule has 0 aliphatic carbocycles. The van der Waals surface area contributed by atoms with Crippen LogP contribution in [0.4, 0.5) is 0 Å². The van der Waals surface area contributed by atoms with Crippen molar-refractivity contribution >= 4 is 27.3 Å². The summed E-state index contributed by atoms with van der Waals surface area (Å²) in [5.41, 5.74) is 0.534. The normalized spacial score (nSPS) is 13.5. The van der Waals surface area contributed by atoms with E-state index in [0.29, 0.717) is 5.56 Å². The number of esters is 1. The maximum Gasteiger partial charge on any atom is 0.349 e. The number of rotatable bonds is 6. The average molecular weight is 321 g/mol. The van der Waals surface area contributed by atoms with Crippen LogP contribution in [0.15, 0.2) is 10.3 Å². The second-order valence-electron chi connectivity index (χ2n) is 4.39. The van der Waals surface area contributed by atoms with Crippen LogP contribution in [-0.2, 0) is 19.5 Å². The van der Waals surface area contributed by atoms with Gasteiger partial charge >= 0.3 is 5.97 Å². The molecule has 8 heteroatoms. The highest BCUT2D eigenvalue weighted by atomic mass is 32.2. The van der Waals surface area contributed by atoms with Gasteiger partial charge in [-0.15, -0.1) is 11.3 Å². The van der Waals surface area contributed by atoms with Crippen LogP contribution in [0, 0.1) is 6.92 Å². The maximum absolute atomic E-state index is 12.6. The number of sulfonamides is 1. The van der Waals surface area contributed by atoms with E-state index >= 15 is 0 Å². The summed E-state index contributed by atoms with van der Waals surface area (Å²) in [5, 5.41) is 1.63. The fraction of sp³-hybridized carbons (Fsp3) is 0.583. The number of nitrogens with zero attached hydrogens (tertiary/aromatic N) is 1. The van der Waals surface area contributed by atoms with Crippen LogP contribution >= 0.6 is 11.3 Å². The van der Waals surface area contributed by atoms with Gasteiger partial charge in [-0.05, 0) is 24.8 Å². The molecule has 20 heavy (non-hydrogen) atoms. The summed E-state index contributed by atoms with van der Waals surface area (Å²) in [6.07, 6.45) is 0. The van der Waals surface area contributed by atoms with Crippen LogP contribution in [0.5, 0.6) is 0 Å². The first kappa shape index (κ1) is 17.1. The highest BCUT2D eigenvalue weighted by Crippen LogP contribution is 2.30. The van der Waals surface area contributed by atoms with Crippen LogP contribution < -0.4 is 0 Å². The lowest BCUT2D eigenvalue weighted by atomic mass is 10.3. The number of thiophene rings is 1. The van der Waals surface area contributed by atoms with Crippen LogP contribution in [0.1, 0.15) is 22.2 Å². The minimum absolute atomic E-state index is 0.0137. The van der Waals surface area contributed by atoms with Gasteiger partial charge in [0.15, 0.2) is 0 Å². The van der Waals surface area contributed by atoms with Gasteiger partial charge in [-0.3, -0.25) is 0 Å². The van der Waals surface area contributed by atoms with Crippen LogP contribution in [0.2, 0.25) is 0 Å². The van der Waals surface area contributed by atoms with E-state index in [1.807, 2.05) is 0 Å². The summed E-state index contributed by atoms with van der Waals surface area (Å²) in [7, 11) is 0.433. The number of aryl methyl sites for hydroxylation is 1. The third-order valence-electron chi connectivity index (χ3n) is 2.95. The molecule has 1 atom stereocenters. The van der Waals surface area contributed by atoms with E-state index in [0.717, 1.165) is 11.3 Å². The Morgan fingerprint density at radius 2 is 2.05 bits per heavy atom. The van der Waals surface area contributed by atoms with E-state index in [1.54, 1.807) is 19.2 Å². The zero-order valence-corrected chi connectivity index (χ0v) is 13.8. The molecule has 1 heterocycles. The first-order valence-corrected chi connectivity index (χ1v) is 8.22. The van der Waals surface area contributed by atoms with Gasteiger partial charge in [0.1, 0.15) is 9.77 Å². The average Bonchev–Trinajstić information content (AvgIpc) is 2.79. The molecule has 0 spiro atoms. The summed E-state index contributed by atoms with van der Waals surface area (Å²) in [6.45, 7) is 3.66. The van der Waals surface area contributed by atoms with Gasteiger partial charge < -0.3 is 9.47 Å². The fourth-order valence-corrected chi connectivity index (χ4v) is 4.72. The molecule has 0 saturated carbocycles. The summed E-state index contributed by atoms with van der Waals surface area (Å²) in [4.78, 5) is 11.8. The molecule has 114 valence electrons. The molecule has 0 N–H and O–H groups in total. The third kappa shape index (κ3) is 3.20. The van der Waals surface area contributed by atoms with Crippen molar-refractivity contribution < 1.29 is 22.7 Å². The highest BCUT2D eigenvalue weighted by Gasteiger charge is 2.33. The summed E-state index contributed by atoms with van der Waals surface area (Å²) >= 11 is 1.07. The zero-order valence-electron chi connectivity index (χ0n) is 12.2. The molecular weight excluding hydrogens is 302 g/mol. The lowest BCUT2D eigenvalue weighted by Gasteiger charge is -2.24. The Hall–Kier alpha value is -0.960. The number of hydrogen-bond acceptors (Lipinski definition) is 6. The van der Waals surface area contributed by atoms with E-state index < -0.39 is 16.0 Å². The van der Waals surface area contributed by atoms with Gasteiger partial charge in [0, 0.05) is 20.2 Å². The molecule has 0 fully saturated rings. The molecule has 1 unspecified atom stereocenters. The minimum atomic E-state index is -3.77. The fourth-order valence-electron chi connectivity index (χ4n) is 1.71. The molecule has 0 aromatic carbocycles. The smallest absolute Gasteiger partial charge is 0.349 e. The number of carbonyl (C=O) groups is 1. The number of carbonyl (C=O) groups excluding carboxylic acids is 1. The van der Waals surface area contributed by atoms with Crippen LogP contribution in [0.3, 0.4) is 0 Å². The lowest BCUT2D eigenvalue weighted by Crippen LogP contribution is -2.38. The van der Waals surface area contributed by atoms with Crippen molar-refractivity contribution in [3.8, 4) is 0 Å². The van der Waals surface area contributed by atoms with Gasteiger partial charge in [-0.2, -0.15) is 4.31 Å². The molecule has 0 amide bonds. The maximum atomic E-state index is 12.6. The number of ether oxygens (including phenoxy) is 2. The Bertz CT molecular complexity index is 579. The van der Waals surface area contributed by atoms with Crippen molar-refractivity contribution in [1.29, 1.82) is 0 Å². The summed E-state index contributed by atoms with van der Waals surface area (Å²) < 4.78 is 36.1. The second-order valence-corrected chi connectivity index (χ2v) is 7.21. The standard InChI is InChI=1S/C12H19NO5S2/c1-8-7-19-10(12(14)18-5)11(8)20(15,16)13(3)9(2)6-17-4/h7,9H,6H2,1-5H3. The molecule has 1 aromatic heterocycles. The highest BCUT2D eigenvalue weighted by molar-refractivity contribution is 7.89. The van der Waals surface area contributed by atoms with E-state index in [9.17, 15) is 13.2 Å². The van der Waals surface area contributed by atoms with E-state index in [1.165, 1.54) is 25.6 Å². The molecular formula is C12H19NO5S2. The Morgan fingerprint density at radius 1 is 1.45 bits per heavy atom. The van der Waals surface area contributed by atoms with E-state index in [2.05, 4.69) is 4.74 Å². The number of likely N-dealkylation sites (N-methyl/N-ethyl adjacent to an activating group) is 1. The van der Waals surface area contributed by atoms with Crippen LogP contribution in [0.25, 0.3) is 0 Å². The van der Waals surface area contributed by atoms with Crippen molar-refractivity contribution in [2.75, 3.05) is 27.9 Å². The summed E-state index contributed by atoms with van der Waals surface area (Å²) in [6, 6.07) is -0.338. The lowest BCUT2D eigenvalue weighted by molar-refractivity contribution is 0.0602. The predicted octanol–water partition coefficient (Wildman–Crippen LogP) is 1.50. The Balaban J connectivity index is 3.29. The Kier molecular flexibility index (Phi) is 5.69. The van der Waals surface area contributed by atoms with Gasteiger partial charge in [0.25, 0.3) is 0 Å². The van der Waals surface area contributed by atoms with Crippen molar-refractivity contribution in [1.82, 2.24) is 4.31 Å². The monoisotopic (exact) mass is 321 g/mol. The van der Waals surface area contributed by atoms with Gasteiger partial charge in [0.05, 0.1) is 13.7 Å². The Morgan fingerprint density at radius 3 is 2.55 bits per heavy atom. The quantitative estimate of drug-likeness (QED) is 0.742. The van der Waals surface area contributed by atoms with Crippen molar-refractivity contribution in [2.45, 2.75) is 24.8 Å². The summed E-state index contributed by atoms with van der Waals surface area (Å²) in [5.74, 6) is -0.644. The van der Waals surface area contributed by atoms with E-state index in [-0.39, 0.29) is 22.4 Å². The van der Waals surface area contributed by atoms with Gasteiger partial charge in [-0.1, -0.05) is 0 Å². The largest absolute Gasteiger partial charge is 0.465 e. The SMILES string of the molecule is COCC(C)N(C)S(=O)(=O)c1c(C)csc1C(=O)OC. The topological polar surface area (TPSA) is 72.9 Å². The molecule has 6 nitrogen and oxygen atoms in total. The first-order chi connectivity index (χ1) is 9.27. The second kappa shape index (κ2) is 6.66. The third-order valence-corrected chi connectivity index (χ3v) is 6.32. The molecule has 1 aromatic rings. The molecule has 0 saturated heterocycles. The van der Waals surface area contributed by atoms with Crippen molar-refractivity contribution in [3.63, 3.8) is 0 Å². The van der Waals surface area contributed by atoms with Crippen molar-refractivity contribution in [2.24, 2.45) is 0 Å². The predicted molar refractivity (Wildman–Crippen MR) is 76.7 cm³/mol. The number of hydrogen-bond donors (Lipinski definition) is 0. The number of methoxy groups -OCH3 is 2. The van der Waals surface area contributed by atoms with Crippen LogP contribution in [-0.4, -0.2) is 52.6 Å². The van der Waals surface area contributed by atoms with Crippen molar-refractivity contribution in [3.05, 3.63) is 15.8 Å². The molecule has 0 radical (unpaired) electrons. The first-order valence-electron chi connectivity index (χ1n) is 5.90.